The van der Waals surface area contributed by atoms with Crippen LogP contribution in [0.15, 0.2) is 23.1 Å². The van der Waals surface area contributed by atoms with Crippen LogP contribution in [0.1, 0.15) is 28.8 Å². The molecule has 1 saturated heterocycles. The molecule has 1 aromatic rings. The van der Waals surface area contributed by atoms with Gasteiger partial charge in [-0.1, -0.05) is 0 Å². The molecule has 17 heavy (non-hydrogen) atoms. The molecule has 2 heterocycles. The largest absolute Gasteiger partial charge is 0.457 e. The van der Waals surface area contributed by atoms with Crippen molar-refractivity contribution in [1.29, 1.82) is 0 Å². The number of ether oxygens (including phenoxy) is 1. The number of rotatable bonds is 2. The van der Waals surface area contributed by atoms with Crippen molar-refractivity contribution < 1.29 is 14.8 Å². The number of nitrogens with two attached hydrogens (primary N) is 1. The van der Waals surface area contributed by atoms with E-state index in [0.29, 0.717) is 6.61 Å². The molecule has 0 saturated carbocycles. The Morgan fingerprint density at radius 3 is 2.94 bits per heavy atom. The van der Waals surface area contributed by atoms with Crippen LogP contribution in [0.25, 0.3) is 0 Å². The lowest BCUT2D eigenvalue weighted by atomic mass is 10.1. The average Bonchev–Trinajstić information content (AvgIpc) is 2.72. The molecule has 0 bridgehead atoms. The number of fused-ring (bicyclic) bond motifs is 1. The summed E-state index contributed by atoms with van der Waals surface area (Å²) in [6.45, 7) is 2.93. The second-order valence-electron chi connectivity index (χ2n) is 4.58. The van der Waals surface area contributed by atoms with Crippen LogP contribution in [0.2, 0.25) is 0 Å². The summed E-state index contributed by atoms with van der Waals surface area (Å²) in [5, 5.41) is 3.11. The molecule has 3 nitrogen and oxygen atoms in total. The van der Waals surface area contributed by atoms with Gasteiger partial charge in [0.1, 0.15) is 6.61 Å². The fourth-order valence-corrected chi connectivity index (χ4v) is 3.64. The van der Waals surface area contributed by atoms with E-state index in [1.54, 1.807) is 0 Å². The SMILES string of the molecule is O=C1OCc2cc(SC3CC[NH2+]CC3)ccc21. The van der Waals surface area contributed by atoms with Crippen LogP contribution in [-0.4, -0.2) is 24.3 Å². The molecule has 1 aromatic carbocycles. The number of carbonyl (C=O) groups excluding carboxylic acids is 1. The summed E-state index contributed by atoms with van der Waals surface area (Å²) < 4.78 is 5.02. The van der Waals surface area contributed by atoms with E-state index in [1.165, 1.54) is 30.8 Å². The Balaban J connectivity index is 1.73. The number of carbonyl (C=O) groups is 1. The standard InChI is InChI=1S/C13H15NO2S/c15-13-12-2-1-11(7-9(12)8-16-13)17-10-3-5-14-6-4-10/h1-2,7,10,14H,3-6,8H2/p+1. The third-order valence-electron chi connectivity index (χ3n) is 3.34. The molecular formula is C13H16NO2S+. The minimum atomic E-state index is -0.177. The monoisotopic (exact) mass is 250 g/mol. The predicted molar refractivity (Wildman–Crippen MR) is 66.1 cm³/mol. The number of cyclic esters (lactones) is 1. The van der Waals surface area contributed by atoms with Gasteiger partial charge in [-0.25, -0.2) is 4.79 Å². The summed E-state index contributed by atoms with van der Waals surface area (Å²) in [6.07, 6.45) is 2.55. The molecule has 0 aliphatic carbocycles. The lowest BCUT2D eigenvalue weighted by molar-refractivity contribution is -0.661. The topological polar surface area (TPSA) is 42.9 Å². The van der Waals surface area contributed by atoms with E-state index in [9.17, 15) is 4.79 Å². The van der Waals surface area contributed by atoms with Gasteiger partial charge in [-0.3, -0.25) is 0 Å². The van der Waals surface area contributed by atoms with Crippen LogP contribution in [-0.2, 0) is 11.3 Å². The summed E-state index contributed by atoms with van der Waals surface area (Å²) in [7, 11) is 0. The first-order valence-corrected chi connectivity index (χ1v) is 6.99. The van der Waals surface area contributed by atoms with Gasteiger partial charge >= 0.3 is 5.97 Å². The zero-order valence-corrected chi connectivity index (χ0v) is 10.5. The first kappa shape index (κ1) is 11.1. The van der Waals surface area contributed by atoms with Crippen molar-refractivity contribution in [3.8, 4) is 0 Å². The molecule has 1 fully saturated rings. The zero-order chi connectivity index (χ0) is 11.7. The maximum Gasteiger partial charge on any atom is 0.338 e. The Bertz CT molecular complexity index is 441. The Labute approximate surface area is 105 Å². The Morgan fingerprint density at radius 2 is 2.12 bits per heavy atom. The molecular weight excluding hydrogens is 234 g/mol. The van der Waals surface area contributed by atoms with E-state index in [-0.39, 0.29) is 5.97 Å². The maximum atomic E-state index is 11.3. The van der Waals surface area contributed by atoms with Crippen LogP contribution in [0.5, 0.6) is 0 Å². The van der Waals surface area contributed by atoms with Gasteiger partial charge in [-0.05, 0) is 18.2 Å². The second kappa shape index (κ2) is 4.70. The molecule has 0 aromatic heterocycles. The van der Waals surface area contributed by atoms with Crippen LogP contribution in [0.4, 0.5) is 0 Å². The fraction of sp³-hybridized carbons (Fsp3) is 0.462. The first-order valence-electron chi connectivity index (χ1n) is 6.11. The molecule has 3 rings (SSSR count). The van der Waals surface area contributed by atoms with Crippen molar-refractivity contribution >= 4 is 17.7 Å². The van der Waals surface area contributed by atoms with E-state index in [2.05, 4.69) is 17.4 Å². The Kier molecular flexibility index (Phi) is 3.07. The maximum absolute atomic E-state index is 11.3. The lowest BCUT2D eigenvalue weighted by Gasteiger charge is -2.19. The summed E-state index contributed by atoms with van der Waals surface area (Å²) in [4.78, 5) is 12.6. The normalized spacial score (nSPS) is 20.1. The molecule has 0 amide bonds. The summed E-state index contributed by atoms with van der Waals surface area (Å²) in [6, 6.07) is 6.07. The number of thioether (sulfide) groups is 1. The molecule has 2 N–H and O–H groups in total. The number of esters is 1. The van der Waals surface area contributed by atoms with Gasteiger partial charge in [0.2, 0.25) is 0 Å². The minimum absolute atomic E-state index is 0.177. The Morgan fingerprint density at radius 1 is 1.29 bits per heavy atom. The average molecular weight is 250 g/mol. The number of quaternary nitrogens is 1. The van der Waals surface area contributed by atoms with Gasteiger partial charge in [0.25, 0.3) is 0 Å². The molecule has 2 aliphatic rings. The number of hydrogen-bond acceptors (Lipinski definition) is 3. The van der Waals surface area contributed by atoms with Crippen molar-refractivity contribution in [2.24, 2.45) is 0 Å². The molecule has 0 unspecified atom stereocenters. The van der Waals surface area contributed by atoms with Gasteiger partial charge in [0.15, 0.2) is 0 Å². The molecule has 0 radical (unpaired) electrons. The second-order valence-corrected chi connectivity index (χ2v) is 5.95. The van der Waals surface area contributed by atoms with Crippen molar-refractivity contribution in [3.63, 3.8) is 0 Å². The highest BCUT2D eigenvalue weighted by molar-refractivity contribution is 8.00. The van der Waals surface area contributed by atoms with Crippen LogP contribution < -0.4 is 5.32 Å². The molecule has 2 aliphatic heterocycles. The van der Waals surface area contributed by atoms with Crippen molar-refractivity contribution in [2.75, 3.05) is 13.1 Å². The third-order valence-corrected chi connectivity index (χ3v) is 4.67. The van der Waals surface area contributed by atoms with Crippen molar-refractivity contribution in [3.05, 3.63) is 29.3 Å². The van der Waals surface area contributed by atoms with E-state index < -0.39 is 0 Å². The van der Waals surface area contributed by atoms with Crippen LogP contribution in [0.3, 0.4) is 0 Å². The highest BCUT2D eigenvalue weighted by atomic mass is 32.2. The van der Waals surface area contributed by atoms with E-state index >= 15 is 0 Å². The summed E-state index contributed by atoms with van der Waals surface area (Å²) >= 11 is 1.94. The minimum Gasteiger partial charge on any atom is -0.457 e. The van der Waals surface area contributed by atoms with Crippen molar-refractivity contribution in [1.82, 2.24) is 0 Å². The van der Waals surface area contributed by atoms with E-state index in [0.717, 1.165) is 16.4 Å². The molecule has 90 valence electrons. The fourth-order valence-electron chi connectivity index (χ4n) is 2.39. The quantitative estimate of drug-likeness (QED) is 0.801. The Hall–Kier alpha value is -1.00. The zero-order valence-electron chi connectivity index (χ0n) is 9.65. The van der Waals surface area contributed by atoms with Gasteiger partial charge in [-0.2, -0.15) is 0 Å². The molecule has 0 atom stereocenters. The molecule has 4 heteroatoms. The van der Waals surface area contributed by atoms with E-state index in [1.807, 2.05) is 17.8 Å². The van der Waals surface area contributed by atoms with Gasteiger partial charge in [0.05, 0.1) is 18.7 Å². The van der Waals surface area contributed by atoms with E-state index in [4.69, 9.17) is 4.74 Å². The summed E-state index contributed by atoms with van der Waals surface area (Å²) in [5.41, 5.74) is 1.79. The predicted octanol–water partition coefficient (Wildman–Crippen LogP) is 1.17. The first-order chi connectivity index (χ1) is 8.33. The molecule has 0 spiro atoms. The van der Waals surface area contributed by atoms with Crippen LogP contribution in [0, 0.1) is 0 Å². The lowest BCUT2D eigenvalue weighted by Crippen LogP contribution is -2.86. The number of piperidine rings is 1. The smallest absolute Gasteiger partial charge is 0.338 e. The van der Waals surface area contributed by atoms with Gasteiger partial charge in [-0.15, -0.1) is 11.8 Å². The highest BCUT2D eigenvalue weighted by Gasteiger charge is 2.22. The summed E-state index contributed by atoms with van der Waals surface area (Å²) in [5.74, 6) is -0.177. The number of hydrogen-bond donors (Lipinski definition) is 1. The van der Waals surface area contributed by atoms with Gasteiger partial charge in [0, 0.05) is 28.6 Å². The van der Waals surface area contributed by atoms with Crippen LogP contribution >= 0.6 is 11.8 Å². The number of benzene rings is 1. The van der Waals surface area contributed by atoms with Crippen molar-refractivity contribution in [2.45, 2.75) is 29.6 Å². The highest BCUT2D eigenvalue weighted by Crippen LogP contribution is 2.31. The third kappa shape index (κ3) is 2.33. The van der Waals surface area contributed by atoms with Gasteiger partial charge < -0.3 is 10.1 Å².